The third-order valence-corrected chi connectivity index (χ3v) is 5.26. The summed E-state index contributed by atoms with van der Waals surface area (Å²) >= 11 is 0. The van der Waals surface area contributed by atoms with Gasteiger partial charge in [0.25, 0.3) is 5.91 Å². The minimum absolute atomic E-state index is 0.0530. The van der Waals surface area contributed by atoms with Crippen molar-refractivity contribution in [3.8, 4) is 5.82 Å². The Morgan fingerprint density at radius 2 is 1.93 bits per heavy atom. The van der Waals surface area contributed by atoms with Gasteiger partial charge in [-0.2, -0.15) is 5.10 Å². The van der Waals surface area contributed by atoms with Gasteiger partial charge in [0.1, 0.15) is 0 Å². The number of aromatic nitrogens is 3. The number of nitrogens with zero attached hydrogens (tertiary/aromatic N) is 5. The second-order valence-electron chi connectivity index (χ2n) is 7.20. The van der Waals surface area contributed by atoms with Gasteiger partial charge in [-0.25, -0.2) is 9.67 Å². The second-order valence-corrected chi connectivity index (χ2v) is 7.20. The molecule has 1 fully saturated rings. The van der Waals surface area contributed by atoms with Crippen LogP contribution in [0.3, 0.4) is 0 Å². The zero-order valence-corrected chi connectivity index (χ0v) is 16.2. The summed E-state index contributed by atoms with van der Waals surface area (Å²) in [4.78, 5) is 21.7. The molecule has 6 heteroatoms. The van der Waals surface area contributed by atoms with Crippen LogP contribution in [0.25, 0.3) is 5.82 Å². The molecule has 4 rings (SSSR count). The number of hydrogen-bond donors (Lipinski definition) is 0. The maximum absolute atomic E-state index is 12.9. The summed E-state index contributed by atoms with van der Waals surface area (Å²) < 4.78 is 1.68. The van der Waals surface area contributed by atoms with Gasteiger partial charge >= 0.3 is 0 Å². The van der Waals surface area contributed by atoms with E-state index in [0.717, 1.165) is 39.1 Å². The number of benzene rings is 1. The van der Waals surface area contributed by atoms with Gasteiger partial charge in [0.15, 0.2) is 5.82 Å². The van der Waals surface area contributed by atoms with Crippen LogP contribution in [-0.4, -0.2) is 56.7 Å². The van der Waals surface area contributed by atoms with Crippen molar-refractivity contribution >= 4 is 5.91 Å². The van der Waals surface area contributed by atoms with Gasteiger partial charge < -0.3 is 4.90 Å². The average Bonchev–Trinajstić information content (AvgIpc) is 3.16. The van der Waals surface area contributed by atoms with Crippen LogP contribution in [-0.2, 0) is 6.54 Å². The van der Waals surface area contributed by atoms with Crippen LogP contribution in [0.4, 0.5) is 0 Å². The van der Waals surface area contributed by atoms with E-state index in [1.807, 2.05) is 29.3 Å². The van der Waals surface area contributed by atoms with E-state index in [2.05, 4.69) is 46.2 Å². The van der Waals surface area contributed by atoms with E-state index >= 15 is 0 Å². The maximum atomic E-state index is 12.9. The Kier molecular flexibility index (Phi) is 5.48. The molecule has 0 saturated carbocycles. The SMILES string of the molecule is Cc1ccccc1CN1CCCN(C(=O)c2ccc(-n3cccn3)nc2)CC1. The quantitative estimate of drug-likeness (QED) is 0.704. The van der Waals surface area contributed by atoms with Crippen LogP contribution in [0.5, 0.6) is 0 Å². The fraction of sp³-hybridized carbons (Fsp3) is 0.318. The highest BCUT2D eigenvalue weighted by Gasteiger charge is 2.21. The van der Waals surface area contributed by atoms with Crippen molar-refractivity contribution in [1.29, 1.82) is 0 Å². The number of hydrogen-bond acceptors (Lipinski definition) is 4. The first-order valence-electron chi connectivity index (χ1n) is 9.73. The fourth-order valence-electron chi connectivity index (χ4n) is 3.60. The summed E-state index contributed by atoms with van der Waals surface area (Å²) in [7, 11) is 0. The predicted octanol–water partition coefficient (Wildman–Crippen LogP) is 2.92. The summed E-state index contributed by atoms with van der Waals surface area (Å²) in [5.74, 6) is 0.763. The lowest BCUT2D eigenvalue weighted by Crippen LogP contribution is -2.35. The fourth-order valence-corrected chi connectivity index (χ4v) is 3.60. The Bertz CT molecular complexity index is 920. The first kappa shape index (κ1) is 18.4. The molecular weight excluding hydrogens is 350 g/mol. The molecule has 144 valence electrons. The van der Waals surface area contributed by atoms with E-state index in [1.54, 1.807) is 17.1 Å². The van der Waals surface area contributed by atoms with Gasteiger partial charge in [0.05, 0.1) is 5.56 Å². The van der Waals surface area contributed by atoms with Gasteiger partial charge in [-0.15, -0.1) is 0 Å². The third-order valence-electron chi connectivity index (χ3n) is 5.26. The van der Waals surface area contributed by atoms with E-state index < -0.39 is 0 Å². The highest BCUT2D eigenvalue weighted by Crippen LogP contribution is 2.14. The van der Waals surface area contributed by atoms with E-state index in [0.29, 0.717) is 11.4 Å². The Balaban J connectivity index is 1.38. The largest absolute Gasteiger partial charge is 0.337 e. The Hall–Kier alpha value is -2.99. The van der Waals surface area contributed by atoms with Gasteiger partial charge in [-0.1, -0.05) is 24.3 Å². The van der Waals surface area contributed by atoms with Crippen molar-refractivity contribution in [2.45, 2.75) is 19.9 Å². The minimum Gasteiger partial charge on any atom is -0.337 e. The molecule has 3 aromatic rings. The standard InChI is InChI=1S/C22H25N5O/c1-18-6-2-3-7-20(18)17-25-11-5-12-26(15-14-25)22(28)19-8-9-21(23-16-19)27-13-4-10-24-27/h2-4,6-10,13,16H,5,11-12,14-15,17H2,1H3. The molecule has 0 unspecified atom stereocenters. The minimum atomic E-state index is 0.0530. The molecule has 0 spiro atoms. The predicted molar refractivity (Wildman–Crippen MR) is 108 cm³/mol. The molecule has 28 heavy (non-hydrogen) atoms. The number of rotatable bonds is 4. The molecule has 0 N–H and O–H groups in total. The summed E-state index contributed by atoms with van der Waals surface area (Å²) in [6.07, 6.45) is 6.17. The molecule has 0 bridgehead atoms. The van der Waals surface area contributed by atoms with Gasteiger partial charge in [0.2, 0.25) is 0 Å². The van der Waals surface area contributed by atoms with Crippen molar-refractivity contribution in [1.82, 2.24) is 24.6 Å². The maximum Gasteiger partial charge on any atom is 0.255 e. The molecular formula is C22H25N5O. The lowest BCUT2D eigenvalue weighted by Gasteiger charge is -2.22. The number of aryl methyl sites for hydroxylation is 1. The van der Waals surface area contributed by atoms with Gasteiger partial charge in [-0.3, -0.25) is 9.69 Å². The van der Waals surface area contributed by atoms with Crippen molar-refractivity contribution in [2.24, 2.45) is 0 Å². The zero-order chi connectivity index (χ0) is 19.3. The van der Waals surface area contributed by atoms with Gasteiger partial charge in [0, 0.05) is 51.3 Å². The number of carbonyl (C=O) groups is 1. The Morgan fingerprint density at radius 3 is 2.68 bits per heavy atom. The second kappa shape index (κ2) is 8.35. The first-order valence-corrected chi connectivity index (χ1v) is 9.73. The molecule has 6 nitrogen and oxygen atoms in total. The molecule has 1 aromatic carbocycles. The highest BCUT2D eigenvalue weighted by atomic mass is 16.2. The summed E-state index contributed by atoms with van der Waals surface area (Å²) in [6.45, 7) is 6.51. The molecule has 1 saturated heterocycles. The average molecular weight is 375 g/mol. The lowest BCUT2D eigenvalue weighted by molar-refractivity contribution is 0.0760. The molecule has 1 aliphatic rings. The monoisotopic (exact) mass is 375 g/mol. The normalized spacial score (nSPS) is 15.4. The van der Waals surface area contributed by atoms with Crippen LogP contribution >= 0.6 is 0 Å². The van der Waals surface area contributed by atoms with Crippen molar-refractivity contribution in [3.05, 3.63) is 77.7 Å². The Morgan fingerprint density at radius 1 is 1.04 bits per heavy atom. The molecule has 1 aliphatic heterocycles. The van der Waals surface area contributed by atoms with Crippen molar-refractivity contribution in [3.63, 3.8) is 0 Å². The number of amides is 1. The molecule has 2 aromatic heterocycles. The van der Waals surface area contributed by atoms with Crippen LogP contribution < -0.4 is 0 Å². The van der Waals surface area contributed by atoms with Crippen molar-refractivity contribution in [2.75, 3.05) is 26.2 Å². The van der Waals surface area contributed by atoms with Crippen LogP contribution in [0, 0.1) is 6.92 Å². The topological polar surface area (TPSA) is 54.3 Å². The number of pyridine rings is 1. The van der Waals surface area contributed by atoms with Gasteiger partial charge in [-0.05, 0) is 42.7 Å². The molecule has 0 radical (unpaired) electrons. The third kappa shape index (κ3) is 4.12. The number of carbonyl (C=O) groups excluding carboxylic acids is 1. The zero-order valence-electron chi connectivity index (χ0n) is 16.2. The van der Waals surface area contributed by atoms with Crippen molar-refractivity contribution < 1.29 is 4.79 Å². The molecule has 3 heterocycles. The van der Waals surface area contributed by atoms with E-state index in [9.17, 15) is 4.79 Å². The van der Waals surface area contributed by atoms with Crippen LogP contribution in [0.1, 0.15) is 27.9 Å². The Labute approximate surface area is 165 Å². The van der Waals surface area contributed by atoms with E-state index in [4.69, 9.17) is 0 Å². The smallest absolute Gasteiger partial charge is 0.255 e. The summed E-state index contributed by atoms with van der Waals surface area (Å²) in [6, 6.07) is 14.0. The molecule has 1 amide bonds. The van der Waals surface area contributed by atoms with E-state index in [-0.39, 0.29) is 5.91 Å². The van der Waals surface area contributed by atoms with E-state index in [1.165, 1.54) is 11.1 Å². The molecule has 0 atom stereocenters. The van der Waals surface area contributed by atoms with Crippen LogP contribution in [0.15, 0.2) is 61.1 Å². The summed E-state index contributed by atoms with van der Waals surface area (Å²) in [5.41, 5.74) is 3.31. The highest BCUT2D eigenvalue weighted by molar-refractivity contribution is 5.94. The lowest BCUT2D eigenvalue weighted by atomic mass is 10.1. The first-order chi connectivity index (χ1) is 13.7. The van der Waals surface area contributed by atoms with Crippen LogP contribution in [0.2, 0.25) is 0 Å². The summed E-state index contributed by atoms with van der Waals surface area (Å²) in [5, 5.41) is 4.17. The molecule has 0 aliphatic carbocycles.